The highest BCUT2D eigenvalue weighted by Gasteiger charge is 2.42. The SMILES string of the molecule is C=C1[C@H](CO)C[C@H](O)C[C@H]1O[Si](C)(C)C(C)(C)C. The maximum absolute atomic E-state index is 9.88. The van der Waals surface area contributed by atoms with Crippen molar-refractivity contribution in [3.8, 4) is 0 Å². The summed E-state index contributed by atoms with van der Waals surface area (Å²) >= 11 is 0. The monoisotopic (exact) mass is 272 g/mol. The lowest BCUT2D eigenvalue weighted by molar-refractivity contribution is 0.0430. The van der Waals surface area contributed by atoms with Crippen molar-refractivity contribution in [1.82, 2.24) is 0 Å². The molecule has 0 heterocycles. The van der Waals surface area contributed by atoms with Crippen molar-refractivity contribution < 1.29 is 14.6 Å². The zero-order valence-corrected chi connectivity index (χ0v) is 13.4. The lowest BCUT2D eigenvalue weighted by atomic mass is 9.82. The zero-order chi connectivity index (χ0) is 14.1. The number of aliphatic hydroxyl groups excluding tert-OH is 2. The molecule has 0 unspecified atom stereocenters. The topological polar surface area (TPSA) is 49.7 Å². The first-order valence-corrected chi connectivity index (χ1v) is 9.64. The van der Waals surface area contributed by atoms with E-state index in [1.807, 2.05) is 0 Å². The van der Waals surface area contributed by atoms with E-state index in [1.165, 1.54) is 0 Å². The van der Waals surface area contributed by atoms with E-state index < -0.39 is 8.32 Å². The van der Waals surface area contributed by atoms with E-state index in [0.29, 0.717) is 12.8 Å². The first kappa shape index (κ1) is 15.9. The minimum Gasteiger partial charge on any atom is -0.410 e. The van der Waals surface area contributed by atoms with Gasteiger partial charge in [0.15, 0.2) is 8.32 Å². The fourth-order valence-electron chi connectivity index (χ4n) is 2.09. The molecule has 0 bridgehead atoms. The number of hydrogen-bond acceptors (Lipinski definition) is 3. The van der Waals surface area contributed by atoms with Crippen LogP contribution in [0.3, 0.4) is 0 Å². The molecule has 3 atom stereocenters. The normalized spacial score (nSPS) is 30.6. The maximum Gasteiger partial charge on any atom is 0.192 e. The van der Waals surface area contributed by atoms with Crippen LogP contribution < -0.4 is 0 Å². The Kier molecular flexibility index (Phi) is 4.81. The third-order valence-electron chi connectivity index (χ3n) is 4.44. The minimum absolute atomic E-state index is 0.0245. The molecule has 0 aromatic carbocycles. The van der Waals surface area contributed by atoms with Crippen LogP contribution in [0.4, 0.5) is 0 Å². The van der Waals surface area contributed by atoms with Crippen molar-refractivity contribution in [3.63, 3.8) is 0 Å². The predicted molar refractivity (Wildman–Crippen MR) is 77.0 cm³/mol. The van der Waals surface area contributed by atoms with Gasteiger partial charge in [-0.3, -0.25) is 0 Å². The number of aliphatic hydroxyl groups is 2. The largest absolute Gasteiger partial charge is 0.410 e. The second kappa shape index (κ2) is 5.45. The molecule has 18 heavy (non-hydrogen) atoms. The van der Waals surface area contributed by atoms with Gasteiger partial charge in [-0.05, 0) is 30.1 Å². The van der Waals surface area contributed by atoms with Gasteiger partial charge in [-0.15, -0.1) is 0 Å². The van der Waals surface area contributed by atoms with Gasteiger partial charge in [0, 0.05) is 18.9 Å². The standard InChI is InChI=1S/C14H28O3Si/c1-10-11(9-15)7-12(16)8-13(10)17-18(5,6)14(2,3)4/h11-13,15-16H,1,7-9H2,2-6H3/t11-,12-,13+/m0/s1. The summed E-state index contributed by atoms with van der Waals surface area (Å²) in [6, 6.07) is 0. The van der Waals surface area contributed by atoms with Crippen LogP contribution in [0.25, 0.3) is 0 Å². The van der Waals surface area contributed by atoms with E-state index in [4.69, 9.17) is 4.43 Å². The Morgan fingerprint density at radius 3 is 2.33 bits per heavy atom. The quantitative estimate of drug-likeness (QED) is 0.613. The van der Waals surface area contributed by atoms with Gasteiger partial charge in [0.05, 0.1) is 12.2 Å². The molecule has 0 aromatic heterocycles. The molecule has 1 saturated carbocycles. The van der Waals surface area contributed by atoms with Crippen LogP contribution in [-0.2, 0) is 4.43 Å². The molecule has 0 saturated heterocycles. The van der Waals surface area contributed by atoms with Crippen LogP contribution in [0.5, 0.6) is 0 Å². The van der Waals surface area contributed by atoms with Gasteiger partial charge in [-0.1, -0.05) is 27.4 Å². The highest BCUT2D eigenvalue weighted by molar-refractivity contribution is 6.74. The summed E-state index contributed by atoms with van der Waals surface area (Å²) in [4.78, 5) is 0. The third kappa shape index (κ3) is 3.44. The second-order valence-electron chi connectivity index (χ2n) is 6.95. The third-order valence-corrected chi connectivity index (χ3v) is 8.93. The van der Waals surface area contributed by atoms with Crippen LogP contribution in [-0.4, -0.2) is 37.3 Å². The summed E-state index contributed by atoms with van der Waals surface area (Å²) in [7, 11) is -1.86. The summed E-state index contributed by atoms with van der Waals surface area (Å²) in [6.45, 7) is 15.1. The van der Waals surface area contributed by atoms with Crippen LogP contribution >= 0.6 is 0 Å². The summed E-state index contributed by atoms with van der Waals surface area (Å²) < 4.78 is 6.33. The lowest BCUT2D eigenvalue weighted by Gasteiger charge is -2.43. The summed E-state index contributed by atoms with van der Waals surface area (Å²) in [6.07, 6.45) is 0.725. The van der Waals surface area contributed by atoms with Crippen LogP contribution in [0.1, 0.15) is 33.6 Å². The summed E-state index contributed by atoms with van der Waals surface area (Å²) in [5, 5.41) is 19.4. The van der Waals surface area contributed by atoms with Crippen molar-refractivity contribution in [1.29, 1.82) is 0 Å². The average molecular weight is 272 g/mol. The van der Waals surface area contributed by atoms with Crippen LogP contribution in [0.2, 0.25) is 18.1 Å². The highest BCUT2D eigenvalue weighted by atomic mass is 28.4. The van der Waals surface area contributed by atoms with E-state index in [2.05, 4.69) is 40.4 Å². The predicted octanol–water partition coefficient (Wildman–Crippen LogP) is 2.70. The van der Waals surface area contributed by atoms with Crippen LogP contribution in [0, 0.1) is 5.92 Å². The van der Waals surface area contributed by atoms with Gasteiger partial charge >= 0.3 is 0 Å². The van der Waals surface area contributed by atoms with Crippen molar-refractivity contribution >= 4 is 8.32 Å². The van der Waals surface area contributed by atoms with Gasteiger partial charge in [-0.2, -0.15) is 0 Å². The molecule has 1 fully saturated rings. The van der Waals surface area contributed by atoms with E-state index >= 15 is 0 Å². The van der Waals surface area contributed by atoms with Crippen LogP contribution in [0.15, 0.2) is 12.2 Å². The van der Waals surface area contributed by atoms with E-state index in [9.17, 15) is 10.2 Å². The maximum atomic E-state index is 9.88. The molecular weight excluding hydrogens is 244 g/mol. The number of hydrogen-bond donors (Lipinski definition) is 2. The molecule has 2 N–H and O–H groups in total. The molecule has 0 aromatic rings. The Morgan fingerprint density at radius 2 is 1.89 bits per heavy atom. The molecule has 0 spiro atoms. The molecule has 106 valence electrons. The van der Waals surface area contributed by atoms with Gasteiger partial charge in [0.2, 0.25) is 0 Å². The van der Waals surface area contributed by atoms with Gasteiger partial charge in [0.25, 0.3) is 0 Å². The average Bonchev–Trinajstić information content (AvgIpc) is 2.20. The van der Waals surface area contributed by atoms with Gasteiger partial charge in [-0.25, -0.2) is 0 Å². The smallest absolute Gasteiger partial charge is 0.192 e. The summed E-state index contributed by atoms with van der Waals surface area (Å²) in [5.74, 6) is -0.0245. The Morgan fingerprint density at radius 1 is 1.33 bits per heavy atom. The molecule has 0 amide bonds. The minimum atomic E-state index is -1.86. The number of rotatable bonds is 3. The first-order chi connectivity index (χ1) is 8.08. The Bertz CT molecular complexity index is 307. The zero-order valence-electron chi connectivity index (χ0n) is 12.4. The van der Waals surface area contributed by atoms with E-state index in [1.54, 1.807) is 0 Å². The van der Waals surface area contributed by atoms with Crippen molar-refractivity contribution in [2.75, 3.05) is 6.61 Å². The van der Waals surface area contributed by atoms with Gasteiger partial charge < -0.3 is 14.6 Å². The summed E-state index contributed by atoms with van der Waals surface area (Å²) in [5.41, 5.74) is 0.952. The fraction of sp³-hybridized carbons (Fsp3) is 0.857. The molecule has 3 nitrogen and oxygen atoms in total. The molecule has 4 heteroatoms. The fourth-order valence-corrected chi connectivity index (χ4v) is 3.40. The van der Waals surface area contributed by atoms with Crippen molar-refractivity contribution in [2.24, 2.45) is 5.92 Å². The lowest BCUT2D eigenvalue weighted by Crippen LogP contribution is -2.47. The Hall–Kier alpha value is -0.163. The molecule has 1 aliphatic rings. The molecule has 1 rings (SSSR count). The molecular formula is C14H28O3Si. The Balaban J connectivity index is 2.80. The van der Waals surface area contributed by atoms with Crippen molar-refractivity contribution in [3.05, 3.63) is 12.2 Å². The van der Waals surface area contributed by atoms with E-state index in [-0.39, 0.29) is 29.8 Å². The first-order valence-electron chi connectivity index (χ1n) is 6.74. The van der Waals surface area contributed by atoms with Crippen molar-refractivity contribution in [2.45, 2.75) is 64.0 Å². The molecule has 0 radical (unpaired) electrons. The second-order valence-corrected chi connectivity index (χ2v) is 11.7. The molecule has 0 aliphatic heterocycles. The van der Waals surface area contributed by atoms with Gasteiger partial charge in [0.1, 0.15) is 0 Å². The van der Waals surface area contributed by atoms with E-state index in [0.717, 1.165) is 5.57 Å². The highest BCUT2D eigenvalue weighted by Crippen LogP contribution is 2.40. The molecule has 1 aliphatic carbocycles. The Labute approximate surface area is 112 Å².